The van der Waals surface area contributed by atoms with Crippen LogP contribution in [0.2, 0.25) is 0 Å². The second-order valence-electron chi connectivity index (χ2n) is 7.55. The fourth-order valence-electron chi connectivity index (χ4n) is 4.13. The van der Waals surface area contributed by atoms with E-state index in [2.05, 4.69) is 25.7 Å². The molecule has 2 saturated heterocycles. The van der Waals surface area contributed by atoms with Gasteiger partial charge in [0.2, 0.25) is 0 Å². The molecule has 0 bridgehead atoms. The number of H-pyrrole nitrogens is 1. The third kappa shape index (κ3) is 3.98. The minimum Gasteiger partial charge on any atom is -0.369 e. The topological polar surface area (TPSA) is 73.1 Å². The number of piperidine rings is 1. The van der Waals surface area contributed by atoms with Crippen LogP contribution in [-0.2, 0) is 0 Å². The maximum atomic E-state index is 13.4. The number of hydrogen-bond donors (Lipinski definition) is 3. The van der Waals surface area contributed by atoms with Crippen LogP contribution in [0.1, 0.15) is 53.5 Å². The van der Waals surface area contributed by atoms with E-state index in [1.807, 2.05) is 19.1 Å². The molecule has 27 heavy (non-hydrogen) atoms. The largest absolute Gasteiger partial charge is 0.369 e. The smallest absolute Gasteiger partial charge is 0.272 e. The first-order valence-electron chi connectivity index (χ1n) is 9.71. The predicted octanol–water partition coefficient (Wildman–Crippen LogP) is 2.68. The van der Waals surface area contributed by atoms with Crippen molar-refractivity contribution in [1.82, 2.24) is 20.8 Å². The summed E-state index contributed by atoms with van der Waals surface area (Å²) >= 11 is 0. The lowest BCUT2D eigenvalue weighted by Gasteiger charge is -2.35. The minimum atomic E-state index is -0.218. The summed E-state index contributed by atoms with van der Waals surface area (Å²) in [7, 11) is 0. The molecule has 2 aliphatic heterocycles. The molecule has 4 rings (SSSR count). The number of rotatable bonds is 4. The molecule has 0 spiro atoms. The molecular weight excluding hydrogens is 345 g/mol. The molecule has 3 heterocycles. The van der Waals surface area contributed by atoms with Crippen molar-refractivity contribution in [3.05, 3.63) is 47.0 Å². The van der Waals surface area contributed by atoms with Crippen LogP contribution in [-0.4, -0.2) is 41.8 Å². The molecule has 2 aliphatic rings. The van der Waals surface area contributed by atoms with Gasteiger partial charge in [-0.2, -0.15) is 5.10 Å². The number of nitrogens with zero attached hydrogens (tertiary/aromatic N) is 2. The standard InChI is InChI=1S/C20H26FN5O/c1-13-10-14(21)6-7-19(13)26-9-3-4-15(12-26)23-20(27)18-11-17(24-25-18)16-5-2-8-22-16/h6-7,10-11,15-16,22H,2-5,8-9,12H2,1H3,(H,23,27)(H,24,25). The Bertz CT molecular complexity index is 814. The van der Waals surface area contributed by atoms with Crippen LogP contribution in [0.3, 0.4) is 0 Å². The molecule has 6 nitrogen and oxygen atoms in total. The SMILES string of the molecule is Cc1cc(F)ccc1N1CCCC(NC(=O)c2cc(C3CCCN3)[nH]n2)C1. The van der Waals surface area contributed by atoms with Gasteiger partial charge in [0, 0.05) is 30.9 Å². The third-order valence-electron chi connectivity index (χ3n) is 5.52. The van der Waals surface area contributed by atoms with Crippen molar-refractivity contribution in [3.8, 4) is 0 Å². The van der Waals surface area contributed by atoms with E-state index in [9.17, 15) is 9.18 Å². The van der Waals surface area contributed by atoms with Crippen LogP contribution < -0.4 is 15.5 Å². The molecule has 2 unspecified atom stereocenters. The number of carbonyl (C=O) groups is 1. The maximum Gasteiger partial charge on any atom is 0.272 e. The summed E-state index contributed by atoms with van der Waals surface area (Å²) in [5, 5.41) is 13.7. The number of anilines is 1. The second kappa shape index (κ2) is 7.68. The number of benzene rings is 1. The van der Waals surface area contributed by atoms with Crippen LogP contribution in [0.5, 0.6) is 0 Å². The highest BCUT2D eigenvalue weighted by Gasteiger charge is 2.25. The number of halogens is 1. The van der Waals surface area contributed by atoms with E-state index >= 15 is 0 Å². The zero-order valence-electron chi connectivity index (χ0n) is 15.6. The number of carbonyl (C=O) groups excluding carboxylic acids is 1. The summed E-state index contributed by atoms with van der Waals surface area (Å²) in [5.41, 5.74) is 3.37. The van der Waals surface area contributed by atoms with Crippen LogP contribution in [0.15, 0.2) is 24.3 Å². The Balaban J connectivity index is 1.39. The lowest BCUT2D eigenvalue weighted by Crippen LogP contribution is -2.48. The summed E-state index contributed by atoms with van der Waals surface area (Å²) < 4.78 is 13.4. The van der Waals surface area contributed by atoms with E-state index in [-0.39, 0.29) is 23.8 Å². The van der Waals surface area contributed by atoms with Gasteiger partial charge in [-0.1, -0.05) is 0 Å². The van der Waals surface area contributed by atoms with Gasteiger partial charge in [-0.15, -0.1) is 0 Å². The number of hydrogen-bond acceptors (Lipinski definition) is 4. The first-order valence-corrected chi connectivity index (χ1v) is 9.71. The van der Waals surface area contributed by atoms with Crippen LogP contribution in [0.25, 0.3) is 0 Å². The fourth-order valence-corrected chi connectivity index (χ4v) is 4.13. The number of aryl methyl sites for hydroxylation is 1. The number of nitrogens with one attached hydrogen (secondary N) is 3. The average Bonchev–Trinajstić information content (AvgIpc) is 3.33. The lowest BCUT2D eigenvalue weighted by molar-refractivity contribution is 0.0928. The van der Waals surface area contributed by atoms with Crippen LogP contribution in [0, 0.1) is 12.7 Å². The molecule has 1 amide bonds. The first kappa shape index (κ1) is 18.0. The van der Waals surface area contributed by atoms with Gasteiger partial charge in [-0.05, 0) is 69.0 Å². The molecule has 2 atom stereocenters. The number of aromatic nitrogens is 2. The average molecular weight is 371 g/mol. The summed E-state index contributed by atoms with van der Waals surface area (Å²) in [5.74, 6) is -0.359. The Labute approximate surface area is 158 Å². The van der Waals surface area contributed by atoms with Gasteiger partial charge in [0.05, 0.1) is 5.69 Å². The molecule has 2 fully saturated rings. The molecule has 0 aliphatic carbocycles. The zero-order chi connectivity index (χ0) is 18.8. The molecule has 1 aromatic heterocycles. The van der Waals surface area contributed by atoms with Gasteiger partial charge >= 0.3 is 0 Å². The molecule has 3 N–H and O–H groups in total. The normalized spacial score (nSPS) is 22.8. The van der Waals surface area contributed by atoms with Crippen molar-refractivity contribution in [2.24, 2.45) is 0 Å². The third-order valence-corrected chi connectivity index (χ3v) is 5.52. The van der Waals surface area contributed by atoms with Crippen molar-refractivity contribution in [2.75, 3.05) is 24.5 Å². The van der Waals surface area contributed by atoms with Gasteiger partial charge in [-0.3, -0.25) is 9.89 Å². The Morgan fingerprint density at radius 2 is 2.19 bits per heavy atom. The second-order valence-corrected chi connectivity index (χ2v) is 7.55. The van der Waals surface area contributed by atoms with Gasteiger partial charge in [0.1, 0.15) is 11.5 Å². The van der Waals surface area contributed by atoms with E-state index in [1.165, 1.54) is 6.07 Å². The van der Waals surface area contributed by atoms with Crippen molar-refractivity contribution in [3.63, 3.8) is 0 Å². The quantitative estimate of drug-likeness (QED) is 0.773. The maximum absolute atomic E-state index is 13.4. The molecule has 0 radical (unpaired) electrons. The fraction of sp³-hybridized carbons (Fsp3) is 0.500. The summed E-state index contributed by atoms with van der Waals surface area (Å²) in [6, 6.07) is 7.05. The summed E-state index contributed by atoms with van der Waals surface area (Å²) in [6.07, 6.45) is 4.13. The highest BCUT2D eigenvalue weighted by molar-refractivity contribution is 5.92. The van der Waals surface area contributed by atoms with Crippen molar-refractivity contribution >= 4 is 11.6 Å². The van der Waals surface area contributed by atoms with E-state index in [0.717, 1.165) is 62.3 Å². The minimum absolute atomic E-state index is 0.0560. The molecule has 2 aromatic rings. The van der Waals surface area contributed by atoms with Crippen LogP contribution >= 0.6 is 0 Å². The lowest BCUT2D eigenvalue weighted by atomic mass is 10.0. The molecule has 7 heteroatoms. The summed E-state index contributed by atoms with van der Waals surface area (Å²) in [4.78, 5) is 14.8. The van der Waals surface area contributed by atoms with Crippen molar-refractivity contribution in [1.29, 1.82) is 0 Å². The van der Waals surface area contributed by atoms with E-state index < -0.39 is 0 Å². The molecular formula is C20H26FN5O. The molecule has 0 saturated carbocycles. The van der Waals surface area contributed by atoms with Crippen molar-refractivity contribution in [2.45, 2.75) is 44.7 Å². The van der Waals surface area contributed by atoms with Crippen molar-refractivity contribution < 1.29 is 9.18 Å². The van der Waals surface area contributed by atoms with Crippen LogP contribution in [0.4, 0.5) is 10.1 Å². The predicted molar refractivity (Wildman–Crippen MR) is 102 cm³/mol. The van der Waals surface area contributed by atoms with Gasteiger partial charge in [0.25, 0.3) is 5.91 Å². The van der Waals surface area contributed by atoms with Gasteiger partial charge < -0.3 is 15.5 Å². The Morgan fingerprint density at radius 1 is 1.30 bits per heavy atom. The highest BCUT2D eigenvalue weighted by atomic mass is 19.1. The molecule has 1 aromatic carbocycles. The zero-order valence-corrected chi connectivity index (χ0v) is 15.6. The first-order chi connectivity index (χ1) is 13.1. The Hall–Kier alpha value is -2.41. The number of aromatic amines is 1. The number of amides is 1. The monoisotopic (exact) mass is 371 g/mol. The Kier molecular flexibility index (Phi) is 5.11. The summed E-state index contributed by atoms with van der Waals surface area (Å²) in [6.45, 7) is 4.56. The van der Waals surface area contributed by atoms with Gasteiger partial charge in [0.15, 0.2) is 0 Å². The van der Waals surface area contributed by atoms with E-state index in [4.69, 9.17) is 0 Å². The van der Waals surface area contributed by atoms with E-state index in [1.54, 1.807) is 6.07 Å². The van der Waals surface area contributed by atoms with Gasteiger partial charge in [-0.25, -0.2) is 4.39 Å². The highest BCUT2D eigenvalue weighted by Crippen LogP contribution is 2.25. The van der Waals surface area contributed by atoms with E-state index in [0.29, 0.717) is 5.69 Å². The molecule has 144 valence electrons. The Morgan fingerprint density at radius 3 is 2.96 bits per heavy atom.